The van der Waals surface area contributed by atoms with Crippen molar-refractivity contribution >= 4 is 5.52 Å². The van der Waals surface area contributed by atoms with Crippen LogP contribution in [-0.2, 0) is 0 Å². The quantitative estimate of drug-likeness (QED) is 0.633. The minimum Gasteiger partial charge on any atom is -0.497 e. The molecule has 0 radical (unpaired) electrons. The van der Waals surface area contributed by atoms with Gasteiger partial charge in [0, 0.05) is 6.07 Å². The summed E-state index contributed by atoms with van der Waals surface area (Å²) in [5.74, 6) is 1.33. The Hall–Kier alpha value is -2.40. The Morgan fingerprint density at radius 2 is 1.72 bits per heavy atom. The highest BCUT2D eigenvalue weighted by atomic mass is 19.1. The maximum absolute atomic E-state index is 14.5. The molecule has 0 bridgehead atoms. The summed E-state index contributed by atoms with van der Waals surface area (Å²) in [4.78, 5) is 4.29. The first-order chi connectivity index (χ1) is 14.2. The van der Waals surface area contributed by atoms with Crippen LogP contribution in [0.1, 0.15) is 73.3 Å². The first-order valence-electron chi connectivity index (χ1n) is 10.6. The zero-order valence-electron chi connectivity index (χ0n) is 16.7. The summed E-state index contributed by atoms with van der Waals surface area (Å²) in [5.41, 5.74) is 4.08. The molecule has 0 spiro atoms. The van der Waals surface area contributed by atoms with Crippen LogP contribution in [0.4, 0.5) is 4.39 Å². The summed E-state index contributed by atoms with van der Waals surface area (Å²) in [6.07, 6.45) is 9.12. The van der Waals surface area contributed by atoms with Crippen LogP contribution in [0.5, 0.6) is 5.75 Å². The number of rotatable bonds is 5. The number of methoxy groups -OCH3 is 1. The predicted octanol–water partition coefficient (Wildman–Crippen LogP) is 5.37. The smallest absolute Gasteiger partial charge is 0.130 e. The molecule has 29 heavy (non-hydrogen) atoms. The first kappa shape index (κ1) is 18.6. The third-order valence-electron chi connectivity index (χ3n) is 6.82. The first-order valence-corrected chi connectivity index (χ1v) is 10.6. The van der Waals surface area contributed by atoms with E-state index in [0.717, 1.165) is 42.5 Å². The molecule has 0 unspecified atom stereocenters. The van der Waals surface area contributed by atoms with Crippen molar-refractivity contribution in [1.29, 1.82) is 0 Å². The van der Waals surface area contributed by atoms with Gasteiger partial charge in [0.25, 0.3) is 0 Å². The molecule has 0 amide bonds. The third kappa shape index (κ3) is 3.42. The molecule has 2 saturated carbocycles. The second-order valence-electron chi connectivity index (χ2n) is 8.58. The fraction of sp³-hybridized carbons (Fsp3) is 0.458. The Bertz CT molecular complexity index is 1020. The lowest BCUT2D eigenvalue weighted by Crippen LogP contribution is -2.22. The Balaban J connectivity index is 1.36. The molecule has 3 aromatic rings. The van der Waals surface area contributed by atoms with Crippen molar-refractivity contribution in [1.82, 2.24) is 9.38 Å². The third-order valence-corrected chi connectivity index (χ3v) is 6.82. The summed E-state index contributed by atoms with van der Waals surface area (Å²) in [6.45, 7) is 0. The molecule has 2 heterocycles. The van der Waals surface area contributed by atoms with Crippen LogP contribution < -0.4 is 4.74 Å². The van der Waals surface area contributed by atoms with Crippen LogP contribution in [-0.4, -0.2) is 21.6 Å². The van der Waals surface area contributed by atoms with E-state index >= 15 is 0 Å². The minimum absolute atomic E-state index is 0.187. The second kappa shape index (κ2) is 7.45. The van der Waals surface area contributed by atoms with E-state index in [0.29, 0.717) is 11.7 Å². The monoisotopic (exact) mass is 394 g/mol. The number of aromatic nitrogens is 2. The van der Waals surface area contributed by atoms with Gasteiger partial charge in [0.15, 0.2) is 0 Å². The van der Waals surface area contributed by atoms with Crippen LogP contribution in [0.3, 0.4) is 0 Å². The highest BCUT2D eigenvalue weighted by Gasteiger charge is 2.34. The molecule has 0 aliphatic heterocycles. The van der Waals surface area contributed by atoms with Crippen LogP contribution in [0, 0.1) is 11.7 Å². The van der Waals surface area contributed by atoms with Crippen molar-refractivity contribution in [3.8, 4) is 5.75 Å². The highest BCUT2D eigenvalue weighted by molar-refractivity contribution is 5.50. The summed E-state index contributed by atoms with van der Waals surface area (Å²) >= 11 is 0. The van der Waals surface area contributed by atoms with E-state index in [1.54, 1.807) is 7.11 Å². The standard InChI is InChI=1S/C24H27FN2O2/c1-29-19-9-11-20(22(25)12-19)15-4-6-17(7-5-15)24(28)23-21(16-2-3-16)10-8-18-13-26-14-27(18)23/h8-17,24,28H,2-7H2,1H3/t15-,17-,24-/m0/s1. The van der Waals surface area contributed by atoms with Gasteiger partial charge in [-0.15, -0.1) is 0 Å². The van der Waals surface area contributed by atoms with Crippen LogP contribution in [0.15, 0.2) is 42.9 Å². The van der Waals surface area contributed by atoms with Gasteiger partial charge in [-0.1, -0.05) is 12.1 Å². The van der Waals surface area contributed by atoms with Crippen LogP contribution in [0.25, 0.3) is 5.52 Å². The van der Waals surface area contributed by atoms with E-state index in [2.05, 4.69) is 21.5 Å². The lowest BCUT2D eigenvalue weighted by Gasteiger charge is -2.33. The zero-order chi connectivity index (χ0) is 20.0. The molecule has 2 fully saturated rings. The van der Waals surface area contributed by atoms with E-state index in [9.17, 15) is 9.50 Å². The van der Waals surface area contributed by atoms with Gasteiger partial charge in [0.2, 0.25) is 0 Å². The van der Waals surface area contributed by atoms with Crippen molar-refractivity contribution in [3.05, 3.63) is 65.5 Å². The fourth-order valence-electron chi connectivity index (χ4n) is 5.02. The van der Waals surface area contributed by atoms with Gasteiger partial charge in [-0.2, -0.15) is 0 Å². The number of nitrogens with zero attached hydrogens (tertiary/aromatic N) is 2. The number of benzene rings is 1. The summed E-state index contributed by atoms with van der Waals surface area (Å²) < 4.78 is 21.7. The lowest BCUT2D eigenvalue weighted by atomic mass is 9.75. The summed E-state index contributed by atoms with van der Waals surface area (Å²) in [6, 6.07) is 9.43. The zero-order valence-corrected chi connectivity index (χ0v) is 16.7. The van der Waals surface area contributed by atoms with Gasteiger partial charge < -0.3 is 14.2 Å². The molecular formula is C24H27FN2O2. The molecule has 152 valence electrons. The molecule has 4 nitrogen and oxygen atoms in total. The predicted molar refractivity (Wildman–Crippen MR) is 110 cm³/mol. The average Bonchev–Trinajstić information content (AvgIpc) is 3.49. The molecule has 1 aromatic carbocycles. The van der Waals surface area contributed by atoms with Crippen LogP contribution in [0.2, 0.25) is 0 Å². The van der Waals surface area contributed by atoms with E-state index < -0.39 is 6.10 Å². The number of aliphatic hydroxyl groups excluding tert-OH is 1. The lowest BCUT2D eigenvalue weighted by molar-refractivity contribution is 0.0752. The SMILES string of the molecule is COc1ccc([C@H]2CC[C@H]([C@H](O)c3c(C4CC4)ccc4cncn34)CC2)c(F)c1. The molecule has 1 atom stereocenters. The molecule has 2 aromatic heterocycles. The number of halogens is 1. The number of imidazole rings is 1. The maximum atomic E-state index is 14.5. The number of ether oxygens (including phenoxy) is 1. The number of aliphatic hydroxyl groups is 1. The molecule has 2 aliphatic rings. The van der Waals surface area contributed by atoms with Crippen molar-refractivity contribution < 1.29 is 14.2 Å². The van der Waals surface area contributed by atoms with Crippen molar-refractivity contribution in [3.63, 3.8) is 0 Å². The van der Waals surface area contributed by atoms with E-state index in [1.165, 1.54) is 24.5 Å². The van der Waals surface area contributed by atoms with Gasteiger partial charge in [0.1, 0.15) is 11.6 Å². The van der Waals surface area contributed by atoms with E-state index in [-0.39, 0.29) is 17.7 Å². The normalized spacial score (nSPS) is 23.3. The Morgan fingerprint density at radius 1 is 1.03 bits per heavy atom. The minimum atomic E-state index is -0.509. The van der Waals surface area contributed by atoms with Gasteiger partial charge in [-0.05, 0) is 79.5 Å². The Labute approximate surface area is 170 Å². The van der Waals surface area contributed by atoms with E-state index in [1.807, 2.05) is 24.7 Å². The number of pyridine rings is 1. The van der Waals surface area contributed by atoms with Gasteiger partial charge in [-0.25, -0.2) is 9.37 Å². The highest BCUT2D eigenvalue weighted by Crippen LogP contribution is 2.47. The molecular weight excluding hydrogens is 367 g/mol. The molecule has 5 heteroatoms. The van der Waals surface area contributed by atoms with Crippen molar-refractivity contribution in [2.24, 2.45) is 5.92 Å². The fourth-order valence-corrected chi connectivity index (χ4v) is 5.02. The second-order valence-corrected chi connectivity index (χ2v) is 8.58. The van der Waals surface area contributed by atoms with Gasteiger partial charge in [0.05, 0.1) is 36.9 Å². The maximum Gasteiger partial charge on any atom is 0.130 e. The molecule has 0 saturated heterocycles. The van der Waals surface area contributed by atoms with Crippen LogP contribution >= 0.6 is 0 Å². The average molecular weight is 394 g/mol. The largest absolute Gasteiger partial charge is 0.497 e. The topological polar surface area (TPSA) is 46.8 Å². The Morgan fingerprint density at radius 3 is 2.41 bits per heavy atom. The molecule has 1 N–H and O–H groups in total. The number of hydrogen-bond acceptors (Lipinski definition) is 3. The molecule has 2 aliphatic carbocycles. The summed E-state index contributed by atoms with van der Waals surface area (Å²) in [5, 5.41) is 11.4. The number of hydrogen-bond donors (Lipinski definition) is 1. The van der Waals surface area contributed by atoms with Gasteiger partial charge in [-0.3, -0.25) is 0 Å². The summed E-state index contributed by atoms with van der Waals surface area (Å²) in [7, 11) is 1.55. The molecule has 5 rings (SSSR count). The van der Waals surface area contributed by atoms with Gasteiger partial charge >= 0.3 is 0 Å². The Kier molecular flexibility index (Phi) is 4.78. The van der Waals surface area contributed by atoms with E-state index in [4.69, 9.17) is 4.74 Å². The van der Waals surface area contributed by atoms with Crippen molar-refractivity contribution in [2.45, 2.75) is 56.5 Å². The van der Waals surface area contributed by atoms with Crippen molar-refractivity contribution in [2.75, 3.05) is 7.11 Å². The number of fused-ring (bicyclic) bond motifs is 1.